The van der Waals surface area contributed by atoms with Crippen molar-refractivity contribution in [2.75, 3.05) is 13.2 Å². The van der Waals surface area contributed by atoms with Crippen LogP contribution in [0.15, 0.2) is 4.52 Å². The molecule has 2 aliphatic heterocycles. The number of nitrogens with zero attached hydrogens (tertiary/aromatic N) is 2. The summed E-state index contributed by atoms with van der Waals surface area (Å²) < 4.78 is 10.9. The first-order valence-electron chi connectivity index (χ1n) is 6.50. The normalized spacial score (nSPS) is 33.4. The molecule has 2 fully saturated rings. The zero-order valence-electron chi connectivity index (χ0n) is 10.2. The monoisotopic (exact) mass is 237 g/mol. The number of ether oxygens (including phenoxy) is 1. The highest BCUT2D eigenvalue weighted by atomic mass is 16.5. The van der Waals surface area contributed by atoms with Gasteiger partial charge in [0, 0.05) is 13.0 Å². The van der Waals surface area contributed by atoms with Crippen molar-refractivity contribution in [1.82, 2.24) is 15.5 Å². The Labute approximate surface area is 101 Å². The maximum Gasteiger partial charge on any atom is 0.244 e. The average molecular weight is 237 g/mol. The lowest BCUT2D eigenvalue weighted by Crippen LogP contribution is -2.17. The summed E-state index contributed by atoms with van der Waals surface area (Å²) in [7, 11) is 0. The van der Waals surface area contributed by atoms with E-state index in [0.29, 0.717) is 5.92 Å². The Kier molecular flexibility index (Phi) is 3.11. The van der Waals surface area contributed by atoms with Crippen LogP contribution in [0.4, 0.5) is 0 Å². The van der Waals surface area contributed by atoms with Crippen LogP contribution in [0.3, 0.4) is 0 Å². The van der Waals surface area contributed by atoms with Gasteiger partial charge in [0.25, 0.3) is 0 Å². The van der Waals surface area contributed by atoms with Crippen LogP contribution in [-0.4, -0.2) is 29.4 Å². The molecule has 3 unspecified atom stereocenters. The lowest BCUT2D eigenvalue weighted by Gasteiger charge is -2.09. The Balaban J connectivity index is 1.65. The highest BCUT2D eigenvalue weighted by molar-refractivity contribution is 4.99. The Bertz CT molecular complexity index is 374. The molecule has 0 amide bonds. The number of hydrogen-bond donors (Lipinski definition) is 1. The van der Waals surface area contributed by atoms with Crippen LogP contribution in [-0.2, 0) is 11.2 Å². The number of nitrogens with one attached hydrogen (secondary N) is 1. The third-order valence-electron chi connectivity index (χ3n) is 3.72. The van der Waals surface area contributed by atoms with Gasteiger partial charge in [0.1, 0.15) is 0 Å². The minimum absolute atomic E-state index is 0.237. The van der Waals surface area contributed by atoms with Gasteiger partial charge in [-0.2, -0.15) is 4.98 Å². The van der Waals surface area contributed by atoms with Crippen LogP contribution >= 0.6 is 0 Å². The Morgan fingerprint density at radius 1 is 1.41 bits per heavy atom. The number of rotatable bonds is 3. The molecule has 3 atom stereocenters. The van der Waals surface area contributed by atoms with Gasteiger partial charge in [-0.05, 0) is 31.7 Å². The second-order valence-corrected chi connectivity index (χ2v) is 5.09. The van der Waals surface area contributed by atoms with E-state index in [9.17, 15) is 0 Å². The standard InChI is InChI=1S/C12H19N3O2/c1-8-4-5-13-11(8)12-14-10(15-17-12)7-9-3-2-6-16-9/h8-9,11,13H,2-7H2,1H3. The zero-order chi connectivity index (χ0) is 11.7. The minimum Gasteiger partial charge on any atom is -0.378 e. The van der Waals surface area contributed by atoms with Gasteiger partial charge in [-0.25, -0.2) is 0 Å². The predicted octanol–water partition coefficient (Wildman–Crippen LogP) is 1.46. The maximum absolute atomic E-state index is 5.58. The van der Waals surface area contributed by atoms with E-state index in [-0.39, 0.29) is 12.1 Å². The molecule has 1 aromatic rings. The molecule has 3 rings (SSSR count). The van der Waals surface area contributed by atoms with Gasteiger partial charge in [0.05, 0.1) is 12.1 Å². The van der Waals surface area contributed by atoms with Gasteiger partial charge >= 0.3 is 0 Å². The van der Waals surface area contributed by atoms with Crippen molar-refractivity contribution in [2.24, 2.45) is 5.92 Å². The van der Waals surface area contributed by atoms with E-state index < -0.39 is 0 Å². The Morgan fingerprint density at radius 2 is 2.35 bits per heavy atom. The molecule has 2 aliphatic rings. The molecule has 0 aliphatic carbocycles. The SMILES string of the molecule is CC1CCNC1c1nc(CC2CCCO2)no1. The second kappa shape index (κ2) is 4.74. The van der Waals surface area contributed by atoms with Gasteiger partial charge < -0.3 is 14.6 Å². The van der Waals surface area contributed by atoms with Crippen LogP contribution in [0.1, 0.15) is 43.9 Å². The summed E-state index contributed by atoms with van der Waals surface area (Å²) in [5.74, 6) is 2.10. The molecule has 3 heterocycles. The second-order valence-electron chi connectivity index (χ2n) is 5.09. The summed E-state index contributed by atoms with van der Waals surface area (Å²) in [5, 5.41) is 7.45. The largest absolute Gasteiger partial charge is 0.378 e. The summed E-state index contributed by atoms with van der Waals surface area (Å²) in [4.78, 5) is 4.49. The van der Waals surface area contributed by atoms with Gasteiger partial charge in [-0.15, -0.1) is 0 Å². The maximum atomic E-state index is 5.58. The van der Waals surface area contributed by atoms with Crippen LogP contribution in [0.5, 0.6) is 0 Å². The van der Waals surface area contributed by atoms with Crippen LogP contribution in [0, 0.1) is 5.92 Å². The van der Waals surface area contributed by atoms with E-state index in [1.807, 2.05) is 0 Å². The van der Waals surface area contributed by atoms with Crippen molar-refractivity contribution in [2.45, 2.75) is 44.8 Å². The highest BCUT2D eigenvalue weighted by Gasteiger charge is 2.29. The molecule has 0 aromatic carbocycles. The van der Waals surface area contributed by atoms with Crippen molar-refractivity contribution >= 4 is 0 Å². The van der Waals surface area contributed by atoms with E-state index in [4.69, 9.17) is 9.26 Å². The summed E-state index contributed by atoms with van der Waals surface area (Å²) in [6, 6.07) is 0.237. The molecule has 0 bridgehead atoms. The van der Waals surface area contributed by atoms with Crippen LogP contribution in [0.25, 0.3) is 0 Å². The van der Waals surface area contributed by atoms with E-state index in [1.165, 1.54) is 6.42 Å². The van der Waals surface area contributed by atoms with Crippen molar-refractivity contribution in [3.05, 3.63) is 11.7 Å². The minimum atomic E-state index is 0.237. The molecule has 0 spiro atoms. The summed E-state index contributed by atoms with van der Waals surface area (Å²) in [6.07, 6.45) is 4.51. The molecule has 0 radical (unpaired) electrons. The van der Waals surface area contributed by atoms with Crippen LogP contribution in [0.2, 0.25) is 0 Å². The first-order valence-corrected chi connectivity index (χ1v) is 6.50. The van der Waals surface area contributed by atoms with Crippen molar-refractivity contribution in [3.8, 4) is 0 Å². The molecule has 5 nitrogen and oxygen atoms in total. The van der Waals surface area contributed by atoms with Gasteiger partial charge in [0.2, 0.25) is 5.89 Å². The third-order valence-corrected chi connectivity index (χ3v) is 3.72. The average Bonchev–Trinajstić information content (AvgIpc) is 3.00. The molecule has 2 saturated heterocycles. The Hall–Kier alpha value is -0.940. The van der Waals surface area contributed by atoms with E-state index in [1.54, 1.807) is 0 Å². The van der Waals surface area contributed by atoms with Gasteiger partial charge in [0.15, 0.2) is 5.82 Å². The predicted molar refractivity (Wildman–Crippen MR) is 61.5 cm³/mol. The zero-order valence-corrected chi connectivity index (χ0v) is 10.2. The van der Waals surface area contributed by atoms with Crippen molar-refractivity contribution < 1.29 is 9.26 Å². The molecular weight excluding hydrogens is 218 g/mol. The molecule has 1 aromatic heterocycles. The molecular formula is C12H19N3O2. The summed E-state index contributed by atoms with van der Waals surface area (Å²) in [6.45, 7) is 4.13. The van der Waals surface area contributed by atoms with E-state index in [0.717, 1.165) is 44.1 Å². The fraction of sp³-hybridized carbons (Fsp3) is 0.833. The van der Waals surface area contributed by atoms with Crippen molar-refractivity contribution in [1.29, 1.82) is 0 Å². The molecule has 1 N–H and O–H groups in total. The van der Waals surface area contributed by atoms with Crippen molar-refractivity contribution in [3.63, 3.8) is 0 Å². The fourth-order valence-electron chi connectivity index (χ4n) is 2.65. The van der Waals surface area contributed by atoms with E-state index >= 15 is 0 Å². The molecule has 0 saturated carbocycles. The first-order chi connectivity index (χ1) is 8.33. The summed E-state index contributed by atoms with van der Waals surface area (Å²) >= 11 is 0. The highest BCUT2D eigenvalue weighted by Crippen LogP contribution is 2.28. The quantitative estimate of drug-likeness (QED) is 0.862. The molecule has 94 valence electrons. The third kappa shape index (κ3) is 2.35. The first kappa shape index (κ1) is 11.2. The molecule has 5 heteroatoms. The number of hydrogen-bond acceptors (Lipinski definition) is 5. The Morgan fingerprint density at radius 3 is 3.06 bits per heavy atom. The van der Waals surface area contributed by atoms with Crippen LogP contribution < -0.4 is 5.32 Å². The lowest BCUT2D eigenvalue weighted by molar-refractivity contribution is 0.109. The van der Waals surface area contributed by atoms with Gasteiger partial charge in [-0.3, -0.25) is 0 Å². The number of aromatic nitrogens is 2. The lowest BCUT2D eigenvalue weighted by atomic mass is 10.0. The smallest absolute Gasteiger partial charge is 0.244 e. The van der Waals surface area contributed by atoms with Gasteiger partial charge in [-0.1, -0.05) is 12.1 Å². The topological polar surface area (TPSA) is 60.2 Å². The van der Waals surface area contributed by atoms with E-state index in [2.05, 4.69) is 22.4 Å². The summed E-state index contributed by atoms with van der Waals surface area (Å²) in [5.41, 5.74) is 0. The molecule has 17 heavy (non-hydrogen) atoms. The fourth-order valence-corrected chi connectivity index (χ4v) is 2.65.